The summed E-state index contributed by atoms with van der Waals surface area (Å²) in [6.45, 7) is 3.79. The van der Waals surface area contributed by atoms with Crippen LogP contribution in [0, 0.1) is 11.6 Å². The fourth-order valence-corrected chi connectivity index (χ4v) is 7.02. The number of benzene rings is 3. The Balaban J connectivity index is 0.000000223. The number of azo groups is 1. The lowest BCUT2D eigenvalue weighted by Gasteiger charge is -2.15. The number of aromatic carboxylic acids is 1. The lowest BCUT2D eigenvalue weighted by atomic mass is 9.94. The minimum Gasteiger partial charge on any atom is -0.507 e. The number of aromatic amines is 2. The van der Waals surface area contributed by atoms with E-state index < -0.39 is 34.0 Å². The number of aromatic nitrogens is 5. The number of hydroxylamine groups is 1. The van der Waals surface area contributed by atoms with E-state index in [0.29, 0.717) is 51.2 Å². The number of carboxylic acid groups (broad SMARTS) is 2. The summed E-state index contributed by atoms with van der Waals surface area (Å²) < 4.78 is 37.9. The molecule has 26 heteroatoms. The number of nitrogens with zero attached hydrogens (tertiary/aromatic N) is 5. The monoisotopic (exact) mass is 961 g/mol. The van der Waals surface area contributed by atoms with Gasteiger partial charge >= 0.3 is 23.9 Å². The van der Waals surface area contributed by atoms with Gasteiger partial charge in [0.15, 0.2) is 10.3 Å². The number of cyclic esters (lactones) is 1. The van der Waals surface area contributed by atoms with Gasteiger partial charge in [-0.15, -0.1) is 0 Å². The Labute approximate surface area is 385 Å². The standard InChI is InChI=1S/C18H14N4O5S.C17H20O6.C5H5N5S.CH4N2O2/c23-16-9-6-13(11-15(16)18(24)25)21-20-12-4-7-14(8-5-12)28(26,27)22-17-3-1-2-10-19-17;1-9(5-7-13(18)19)4-6-11-15(20)14-12(8-23-17(14)21)10(2)16(11)22-3;6-5-9-3-2(4(11)10-5)7-1-8-3;2-1(4)3-5/h1-11,23H,(H,19,22)(H,24,25);4,20H,5-8H2,1-3H3,(H,18,19);1H,(H4,6,7,8,9,10,11);5H,(H3,2,3,4)/b21-20+;9-4+;;. The second-order valence-electron chi connectivity index (χ2n) is 13.6. The zero-order valence-corrected chi connectivity index (χ0v) is 37.2. The molecule has 1 aliphatic rings. The zero-order valence-electron chi connectivity index (χ0n) is 35.5. The van der Waals surface area contributed by atoms with Crippen molar-refractivity contribution in [2.24, 2.45) is 16.0 Å². The number of hydrogen-bond donors (Lipinski definition) is 11. The molecule has 0 radical (unpaired) electrons. The van der Waals surface area contributed by atoms with E-state index in [-0.39, 0.29) is 58.0 Å². The average Bonchev–Trinajstić information content (AvgIpc) is 3.94. The molecule has 13 N–H and O–H groups in total. The maximum atomic E-state index is 12.3. The molecule has 0 saturated heterocycles. The minimum absolute atomic E-state index is 0.0231. The average molecular weight is 962 g/mol. The summed E-state index contributed by atoms with van der Waals surface area (Å²) in [6.07, 6.45) is 5.69. The van der Waals surface area contributed by atoms with E-state index in [1.165, 1.54) is 73.6 Å². The molecule has 0 spiro atoms. The Hall–Kier alpha value is -8.49. The number of carboxylic acids is 2. The van der Waals surface area contributed by atoms with Crippen LogP contribution >= 0.6 is 12.2 Å². The number of aromatic hydroxyl groups is 2. The van der Waals surface area contributed by atoms with Crippen molar-refractivity contribution in [1.82, 2.24) is 30.4 Å². The molecule has 0 bridgehead atoms. The number of methoxy groups -OCH3 is 1. The molecule has 0 unspecified atom stereocenters. The number of anilines is 2. The maximum absolute atomic E-state index is 12.3. The van der Waals surface area contributed by atoms with Crippen LogP contribution in [-0.2, 0) is 32.6 Å². The van der Waals surface area contributed by atoms with Crippen molar-refractivity contribution in [3.05, 3.63) is 117 Å². The molecule has 352 valence electrons. The lowest BCUT2D eigenvalue weighted by molar-refractivity contribution is -0.136. The van der Waals surface area contributed by atoms with E-state index in [1.807, 2.05) is 19.9 Å². The molecule has 0 atom stereocenters. The summed E-state index contributed by atoms with van der Waals surface area (Å²) in [5.41, 5.74) is 15.5. The van der Waals surface area contributed by atoms with Crippen LogP contribution in [0.1, 0.15) is 57.2 Å². The van der Waals surface area contributed by atoms with Gasteiger partial charge in [0.05, 0.1) is 29.7 Å². The maximum Gasteiger partial charge on any atom is 0.342 e. The molecule has 2 amide bonds. The van der Waals surface area contributed by atoms with Crippen molar-refractivity contribution in [2.75, 3.05) is 17.6 Å². The summed E-state index contributed by atoms with van der Waals surface area (Å²) in [4.78, 5) is 60.0. The van der Waals surface area contributed by atoms with Crippen molar-refractivity contribution in [1.29, 1.82) is 0 Å². The molecular formula is C41H43N11O13S2. The third-order valence-corrected chi connectivity index (χ3v) is 10.7. The lowest BCUT2D eigenvalue weighted by Crippen LogP contribution is -2.25. The molecule has 24 nitrogen and oxygen atoms in total. The van der Waals surface area contributed by atoms with Crippen LogP contribution in [0.2, 0.25) is 0 Å². The first-order valence-corrected chi connectivity index (χ1v) is 21.0. The number of imidazole rings is 1. The van der Waals surface area contributed by atoms with Crippen molar-refractivity contribution in [3.63, 3.8) is 0 Å². The van der Waals surface area contributed by atoms with E-state index in [2.05, 4.69) is 45.6 Å². The van der Waals surface area contributed by atoms with E-state index in [9.17, 15) is 37.8 Å². The number of pyridine rings is 1. The van der Waals surface area contributed by atoms with Crippen molar-refractivity contribution >= 4 is 80.5 Å². The van der Waals surface area contributed by atoms with E-state index in [1.54, 1.807) is 12.1 Å². The van der Waals surface area contributed by atoms with E-state index >= 15 is 0 Å². The number of carbonyl (C=O) groups is 4. The van der Waals surface area contributed by atoms with Crippen LogP contribution in [0.5, 0.6) is 17.2 Å². The number of allylic oxidation sites excluding steroid dienone is 2. The second-order valence-corrected chi connectivity index (χ2v) is 15.7. The number of hydrogen-bond acceptors (Lipinski definition) is 18. The highest BCUT2D eigenvalue weighted by Crippen LogP contribution is 2.42. The van der Waals surface area contributed by atoms with Crippen LogP contribution in [0.25, 0.3) is 11.2 Å². The fourth-order valence-electron chi connectivity index (χ4n) is 5.76. The number of amides is 2. The quantitative estimate of drug-likeness (QED) is 0.0165. The van der Waals surface area contributed by atoms with Gasteiger partial charge < -0.3 is 51.3 Å². The Morgan fingerprint density at radius 3 is 2.31 bits per heavy atom. The smallest absolute Gasteiger partial charge is 0.342 e. The Bertz CT molecular complexity index is 3000. The number of sulfonamides is 1. The van der Waals surface area contributed by atoms with Gasteiger partial charge in [0, 0.05) is 23.7 Å². The molecule has 4 heterocycles. The van der Waals surface area contributed by atoms with Crippen LogP contribution in [0.3, 0.4) is 0 Å². The minimum atomic E-state index is -3.79. The number of aliphatic carboxylic acids is 1. The summed E-state index contributed by atoms with van der Waals surface area (Å²) in [5, 5.41) is 52.9. The number of nitrogens with two attached hydrogens (primary N) is 2. The highest BCUT2D eigenvalue weighted by atomic mass is 32.2. The van der Waals surface area contributed by atoms with Gasteiger partial charge in [-0.2, -0.15) is 10.2 Å². The molecule has 3 aromatic carbocycles. The number of carbonyl (C=O) groups excluding carboxylic acids is 2. The number of rotatable bonds is 12. The first kappa shape index (κ1) is 51.1. The van der Waals surface area contributed by atoms with Gasteiger partial charge in [0.2, 0.25) is 5.95 Å². The third-order valence-electron chi connectivity index (χ3n) is 9.01. The Morgan fingerprint density at radius 2 is 1.70 bits per heavy atom. The number of nitrogens with one attached hydrogen (secondary N) is 4. The highest BCUT2D eigenvalue weighted by Gasteiger charge is 2.32. The number of ether oxygens (including phenoxy) is 2. The number of esters is 1. The second kappa shape index (κ2) is 23.4. The van der Waals surface area contributed by atoms with Crippen molar-refractivity contribution < 1.29 is 62.7 Å². The number of H-pyrrole nitrogens is 2. The van der Waals surface area contributed by atoms with Crippen molar-refractivity contribution in [2.45, 2.75) is 44.6 Å². The highest BCUT2D eigenvalue weighted by molar-refractivity contribution is 7.92. The molecule has 0 saturated carbocycles. The molecule has 1 aliphatic heterocycles. The van der Waals surface area contributed by atoms with Gasteiger partial charge in [0.1, 0.15) is 46.3 Å². The molecule has 0 fully saturated rings. The number of phenols is 2. The number of phenolic OH excluding ortho intramolecular Hbond substituents is 1. The van der Waals surface area contributed by atoms with Gasteiger partial charge in [0.25, 0.3) is 10.0 Å². The number of primary amides is 1. The fraction of sp³-hybridized carbons (Fsp3) is 0.171. The van der Waals surface area contributed by atoms with Crippen LogP contribution in [0.4, 0.5) is 27.9 Å². The molecule has 6 aromatic rings. The van der Waals surface area contributed by atoms with Gasteiger partial charge in [-0.05, 0) is 86.8 Å². The molecule has 3 aromatic heterocycles. The summed E-state index contributed by atoms with van der Waals surface area (Å²) in [5.74, 6) is -2.15. The first-order valence-electron chi connectivity index (χ1n) is 19.1. The first-order chi connectivity index (χ1) is 31.8. The van der Waals surface area contributed by atoms with E-state index in [0.717, 1.165) is 11.1 Å². The molecule has 67 heavy (non-hydrogen) atoms. The normalized spacial score (nSPS) is 11.7. The topological polar surface area (TPSA) is 393 Å². The zero-order chi connectivity index (χ0) is 49.4. The van der Waals surface area contributed by atoms with Crippen LogP contribution in [-0.4, -0.2) is 90.0 Å². The molecule has 0 aliphatic carbocycles. The largest absolute Gasteiger partial charge is 0.507 e. The van der Waals surface area contributed by atoms with Crippen molar-refractivity contribution in [3.8, 4) is 17.2 Å². The predicted octanol–water partition coefficient (Wildman–Crippen LogP) is 6.08. The third kappa shape index (κ3) is 14.3. The summed E-state index contributed by atoms with van der Waals surface area (Å²) >= 11 is 4.91. The number of urea groups is 1. The number of nitrogen functional groups attached to an aromatic ring is 1. The Kier molecular flexibility index (Phi) is 17.9. The van der Waals surface area contributed by atoms with E-state index in [4.69, 9.17) is 42.8 Å². The molecular weight excluding hydrogens is 919 g/mol. The van der Waals surface area contributed by atoms with Gasteiger partial charge in [-0.25, -0.2) is 43.2 Å². The predicted molar refractivity (Wildman–Crippen MR) is 242 cm³/mol. The summed E-state index contributed by atoms with van der Waals surface area (Å²) in [6, 6.07) is 13.3. The van der Waals surface area contributed by atoms with Crippen LogP contribution < -0.4 is 26.4 Å². The van der Waals surface area contributed by atoms with Gasteiger partial charge in [-0.3, -0.25) is 14.7 Å². The molecule has 7 rings (SSSR count). The van der Waals surface area contributed by atoms with Gasteiger partial charge in [-0.1, -0.05) is 29.9 Å². The van der Waals surface area contributed by atoms with Crippen LogP contribution in [0.15, 0.2) is 100.0 Å². The Morgan fingerprint density at radius 1 is 1.03 bits per heavy atom. The summed E-state index contributed by atoms with van der Waals surface area (Å²) in [7, 11) is -2.28. The SMILES string of the molecule is COc1c(C)c2c(c(O)c1C/C=C(\C)CCC(=O)O)C(=O)OC2.NC(=O)NO.Nc1nc(=S)c2[nH]cnc2[nH]1.O=C(O)c1cc(/N=N/c2ccc(S(=O)(=O)Nc3ccccn3)cc2)ccc1O. The number of fused-ring (bicyclic) bond motifs is 2.